The Morgan fingerprint density at radius 1 is 1.30 bits per heavy atom. The molecule has 0 unspecified atom stereocenters. The van der Waals surface area contributed by atoms with Gasteiger partial charge in [-0.15, -0.1) is 0 Å². The first-order valence-electron chi connectivity index (χ1n) is 7.04. The number of hydrogen-bond donors (Lipinski definition) is 2. The number of nitrogens with zero attached hydrogens (tertiary/aromatic N) is 1. The molecule has 2 aromatic rings. The molecule has 0 amide bonds. The number of anilines is 1. The van der Waals surface area contributed by atoms with Crippen LogP contribution in [-0.2, 0) is 0 Å². The van der Waals surface area contributed by atoms with Gasteiger partial charge in [0, 0.05) is 0 Å². The Morgan fingerprint density at radius 2 is 2.09 bits per heavy atom. The molecule has 0 heterocycles. The number of benzene rings is 2. The van der Waals surface area contributed by atoms with Crippen LogP contribution < -0.4 is 10.2 Å². The highest BCUT2D eigenvalue weighted by Gasteiger charge is 2.04. The van der Waals surface area contributed by atoms with E-state index in [0.29, 0.717) is 16.5 Å². The van der Waals surface area contributed by atoms with Crippen molar-refractivity contribution in [2.45, 2.75) is 20.0 Å². The lowest BCUT2D eigenvalue weighted by Crippen LogP contribution is -2.06. The average Bonchev–Trinajstić information content (AvgIpc) is 2.50. The van der Waals surface area contributed by atoms with Crippen molar-refractivity contribution in [3.8, 4) is 5.75 Å². The summed E-state index contributed by atoms with van der Waals surface area (Å²) in [6.45, 7) is 3.86. The highest BCUT2D eigenvalue weighted by Crippen LogP contribution is 2.25. The van der Waals surface area contributed by atoms with E-state index in [0.717, 1.165) is 5.56 Å². The Morgan fingerprint density at radius 3 is 2.74 bits per heavy atom. The molecule has 6 heteroatoms. The van der Waals surface area contributed by atoms with Gasteiger partial charge in [-0.2, -0.15) is 5.10 Å². The number of halogens is 1. The molecule has 0 fully saturated rings. The third-order valence-corrected chi connectivity index (χ3v) is 3.13. The summed E-state index contributed by atoms with van der Waals surface area (Å²) in [5.41, 5.74) is 4.37. The van der Waals surface area contributed by atoms with Gasteiger partial charge in [0.1, 0.15) is 5.75 Å². The Bertz CT molecular complexity index is 730. The number of carboxylic acid groups (broad SMARTS) is 1. The van der Waals surface area contributed by atoms with Gasteiger partial charge in [-0.25, -0.2) is 4.79 Å². The zero-order valence-electron chi connectivity index (χ0n) is 12.8. The summed E-state index contributed by atoms with van der Waals surface area (Å²) in [4.78, 5) is 10.9. The summed E-state index contributed by atoms with van der Waals surface area (Å²) in [7, 11) is 0. The van der Waals surface area contributed by atoms with Gasteiger partial charge in [0.05, 0.1) is 28.6 Å². The van der Waals surface area contributed by atoms with Crippen molar-refractivity contribution in [2.75, 3.05) is 5.43 Å². The Labute approximate surface area is 139 Å². The third-order valence-electron chi connectivity index (χ3n) is 2.84. The largest absolute Gasteiger partial charge is 0.489 e. The molecule has 0 spiro atoms. The first kappa shape index (κ1) is 16.8. The molecule has 2 aromatic carbocycles. The van der Waals surface area contributed by atoms with E-state index in [9.17, 15) is 4.79 Å². The van der Waals surface area contributed by atoms with Crippen molar-refractivity contribution in [2.24, 2.45) is 5.10 Å². The third kappa shape index (κ3) is 5.00. The molecule has 0 atom stereocenters. The predicted octanol–water partition coefficient (Wildman–Crippen LogP) is 4.27. The maximum atomic E-state index is 10.9. The number of ether oxygens (including phenoxy) is 1. The number of nitrogens with one attached hydrogen (secondary N) is 1. The van der Waals surface area contributed by atoms with Gasteiger partial charge in [0.2, 0.25) is 0 Å². The highest BCUT2D eigenvalue weighted by atomic mass is 35.5. The lowest BCUT2D eigenvalue weighted by Gasteiger charge is -2.11. The van der Waals surface area contributed by atoms with Crippen LogP contribution in [0.25, 0.3) is 0 Å². The normalized spacial score (nSPS) is 11.0. The molecule has 2 N–H and O–H groups in total. The van der Waals surface area contributed by atoms with Gasteiger partial charge < -0.3 is 9.84 Å². The Kier molecular flexibility index (Phi) is 5.60. The van der Waals surface area contributed by atoms with E-state index in [4.69, 9.17) is 21.4 Å². The molecule has 2 rings (SSSR count). The van der Waals surface area contributed by atoms with Crippen LogP contribution in [-0.4, -0.2) is 23.4 Å². The summed E-state index contributed by atoms with van der Waals surface area (Å²) in [5, 5.41) is 13.5. The molecule has 0 aromatic heterocycles. The van der Waals surface area contributed by atoms with Crippen LogP contribution in [0.2, 0.25) is 5.02 Å². The molecule has 0 aliphatic rings. The average molecular weight is 333 g/mol. The fourth-order valence-electron chi connectivity index (χ4n) is 1.85. The standard InChI is InChI=1S/C17H17ClN2O3/c1-11(2)23-16-7-6-12(8-15(16)18)10-19-20-14-5-3-4-13(9-14)17(21)22/h3-11,20H,1-2H3,(H,21,22). The summed E-state index contributed by atoms with van der Waals surface area (Å²) in [6.07, 6.45) is 1.65. The van der Waals surface area contributed by atoms with Crippen molar-refractivity contribution >= 4 is 29.5 Å². The smallest absolute Gasteiger partial charge is 0.335 e. The van der Waals surface area contributed by atoms with Crippen LogP contribution in [0.3, 0.4) is 0 Å². The minimum absolute atomic E-state index is 0.0511. The maximum Gasteiger partial charge on any atom is 0.335 e. The van der Waals surface area contributed by atoms with Gasteiger partial charge in [-0.05, 0) is 55.8 Å². The second-order valence-corrected chi connectivity index (χ2v) is 5.52. The molecule has 120 valence electrons. The number of carboxylic acids is 1. The van der Waals surface area contributed by atoms with Crippen molar-refractivity contribution in [3.05, 3.63) is 58.6 Å². The molecule has 23 heavy (non-hydrogen) atoms. The quantitative estimate of drug-likeness (QED) is 0.612. The first-order chi connectivity index (χ1) is 11.0. The van der Waals surface area contributed by atoms with Crippen molar-refractivity contribution in [1.29, 1.82) is 0 Å². The SMILES string of the molecule is CC(C)Oc1ccc(C=NNc2cccc(C(=O)O)c2)cc1Cl. The topological polar surface area (TPSA) is 70.9 Å². The predicted molar refractivity (Wildman–Crippen MR) is 91.8 cm³/mol. The number of carbonyl (C=O) groups is 1. The van der Waals surface area contributed by atoms with Crippen molar-refractivity contribution in [3.63, 3.8) is 0 Å². The van der Waals surface area contributed by atoms with Crippen LogP contribution in [0.15, 0.2) is 47.6 Å². The van der Waals surface area contributed by atoms with E-state index >= 15 is 0 Å². The zero-order chi connectivity index (χ0) is 16.8. The van der Waals surface area contributed by atoms with E-state index < -0.39 is 5.97 Å². The van der Waals surface area contributed by atoms with Crippen LogP contribution in [0.4, 0.5) is 5.69 Å². The molecule has 0 radical (unpaired) electrons. The Balaban J connectivity index is 2.04. The van der Waals surface area contributed by atoms with E-state index in [1.165, 1.54) is 12.1 Å². The van der Waals surface area contributed by atoms with Crippen LogP contribution >= 0.6 is 11.6 Å². The number of hydrazone groups is 1. The lowest BCUT2D eigenvalue weighted by atomic mass is 10.2. The summed E-state index contributed by atoms with van der Waals surface area (Å²) in [6, 6.07) is 11.8. The molecule has 0 saturated carbocycles. The zero-order valence-corrected chi connectivity index (χ0v) is 13.5. The van der Waals surface area contributed by atoms with Gasteiger partial charge in [-0.3, -0.25) is 5.43 Å². The molecule has 5 nitrogen and oxygen atoms in total. The van der Waals surface area contributed by atoms with E-state index in [1.54, 1.807) is 30.5 Å². The maximum absolute atomic E-state index is 10.9. The van der Waals surface area contributed by atoms with Crippen LogP contribution in [0, 0.1) is 0 Å². The number of aromatic carboxylic acids is 1. The van der Waals surface area contributed by atoms with E-state index in [2.05, 4.69) is 10.5 Å². The van der Waals surface area contributed by atoms with E-state index in [-0.39, 0.29) is 11.7 Å². The van der Waals surface area contributed by atoms with Crippen molar-refractivity contribution < 1.29 is 14.6 Å². The summed E-state index contributed by atoms with van der Waals surface area (Å²) in [5.74, 6) is -0.355. The highest BCUT2D eigenvalue weighted by molar-refractivity contribution is 6.32. The van der Waals surface area contributed by atoms with Gasteiger partial charge >= 0.3 is 5.97 Å². The minimum Gasteiger partial charge on any atom is -0.489 e. The lowest BCUT2D eigenvalue weighted by molar-refractivity contribution is 0.0697. The monoisotopic (exact) mass is 332 g/mol. The Hall–Kier alpha value is -2.53. The fraction of sp³-hybridized carbons (Fsp3) is 0.176. The van der Waals surface area contributed by atoms with E-state index in [1.807, 2.05) is 19.9 Å². The van der Waals surface area contributed by atoms with Gasteiger partial charge in [-0.1, -0.05) is 17.7 Å². The molecule has 0 aliphatic heterocycles. The minimum atomic E-state index is -0.981. The molecule has 0 aliphatic carbocycles. The second-order valence-electron chi connectivity index (χ2n) is 5.11. The molecule has 0 saturated heterocycles. The molecule has 0 bridgehead atoms. The fourth-order valence-corrected chi connectivity index (χ4v) is 2.08. The van der Waals surface area contributed by atoms with Crippen LogP contribution in [0.1, 0.15) is 29.8 Å². The van der Waals surface area contributed by atoms with Gasteiger partial charge in [0.25, 0.3) is 0 Å². The van der Waals surface area contributed by atoms with Gasteiger partial charge in [0.15, 0.2) is 0 Å². The summed E-state index contributed by atoms with van der Waals surface area (Å²) < 4.78 is 5.56. The molecular formula is C17H17ClN2O3. The second kappa shape index (κ2) is 7.65. The van der Waals surface area contributed by atoms with Crippen molar-refractivity contribution in [1.82, 2.24) is 0 Å². The first-order valence-corrected chi connectivity index (χ1v) is 7.42. The number of rotatable bonds is 6. The molecular weight excluding hydrogens is 316 g/mol. The summed E-state index contributed by atoms with van der Waals surface area (Å²) >= 11 is 6.15. The number of hydrogen-bond acceptors (Lipinski definition) is 4. The van der Waals surface area contributed by atoms with Crippen LogP contribution in [0.5, 0.6) is 5.75 Å².